The predicted octanol–water partition coefficient (Wildman–Crippen LogP) is 3.05. The van der Waals surface area contributed by atoms with Gasteiger partial charge in [-0.25, -0.2) is 9.97 Å². The Labute approximate surface area is 112 Å². The maximum Gasteiger partial charge on any atom is 0.152 e. The Bertz CT molecular complexity index is 743. The van der Waals surface area contributed by atoms with Crippen molar-refractivity contribution in [1.29, 1.82) is 0 Å². The number of anilines is 1. The van der Waals surface area contributed by atoms with E-state index < -0.39 is 0 Å². The molecule has 0 fully saturated rings. The minimum Gasteiger partial charge on any atom is -0.382 e. The van der Waals surface area contributed by atoms with Crippen LogP contribution in [0.4, 0.5) is 5.82 Å². The number of nitrogen functional groups attached to an aromatic ring is 1. The Morgan fingerprint density at radius 2 is 2.00 bits per heavy atom. The van der Waals surface area contributed by atoms with Gasteiger partial charge in [0.15, 0.2) is 5.82 Å². The summed E-state index contributed by atoms with van der Waals surface area (Å²) in [5, 5.41) is 1.12. The lowest BCUT2D eigenvalue weighted by atomic mass is 10.2. The number of unbranched alkanes of at least 4 members (excludes halogenated alkanes) is 1. The highest BCUT2D eigenvalue weighted by Gasteiger charge is 2.14. The number of para-hydroxylation sites is 1. The maximum absolute atomic E-state index is 6.05. The first-order valence-electron chi connectivity index (χ1n) is 6.72. The van der Waals surface area contributed by atoms with Crippen LogP contribution < -0.4 is 5.73 Å². The van der Waals surface area contributed by atoms with Crippen molar-refractivity contribution in [3.05, 3.63) is 30.1 Å². The Morgan fingerprint density at radius 1 is 1.21 bits per heavy atom. The van der Waals surface area contributed by atoms with Crippen LogP contribution in [0, 0.1) is 0 Å². The molecule has 19 heavy (non-hydrogen) atoms. The monoisotopic (exact) mass is 254 g/mol. The van der Waals surface area contributed by atoms with Crippen molar-refractivity contribution in [2.45, 2.75) is 26.2 Å². The molecule has 0 atom stereocenters. The molecule has 0 bridgehead atoms. The van der Waals surface area contributed by atoms with Gasteiger partial charge >= 0.3 is 0 Å². The van der Waals surface area contributed by atoms with Crippen LogP contribution in [0.1, 0.15) is 25.6 Å². The van der Waals surface area contributed by atoms with Crippen LogP contribution in [-0.4, -0.2) is 14.5 Å². The lowest BCUT2D eigenvalue weighted by molar-refractivity contribution is 0.720. The van der Waals surface area contributed by atoms with E-state index in [1.807, 2.05) is 18.2 Å². The van der Waals surface area contributed by atoms with Crippen molar-refractivity contribution < 1.29 is 0 Å². The fraction of sp³-hybridized carbons (Fsp3) is 0.333. The van der Waals surface area contributed by atoms with Crippen molar-refractivity contribution in [1.82, 2.24) is 14.5 Å². The number of aromatic nitrogens is 3. The van der Waals surface area contributed by atoms with Crippen molar-refractivity contribution in [3.8, 4) is 0 Å². The van der Waals surface area contributed by atoms with Gasteiger partial charge in [-0.3, -0.25) is 0 Å². The van der Waals surface area contributed by atoms with Crippen molar-refractivity contribution in [2.75, 3.05) is 5.73 Å². The highest BCUT2D eigenvalue weighted by Crippen LogP contribution is 2.28. The van der Waals surface area contributed by atoms with E-state index in [1.54, 1.807) is 0 Å². The van der Waals surface area contributed by atoms with E-state index >= 15 is 0 Å². The zero-order chi connectivity index (χ0) is 13.4. The van der Waals surface area contributed by atoms with Gasteiger partial charge in [0.05, 0.1) is 11.0 Å². The number of nitrogens with zero attached hydrogens (tertiary/aromatic N) is 3. The fourth-order valence-corrected chi connectivity index (χ4v) is 2.54. The van der Waals surface area contributed by atoms with Crippen molar-refractivity contribution in [3.63, 3.8) is 0 Å². The second-order valence-electron chi connectivity index (χ2n) is 4.90. The predicted molar refractivity (Wildman–Crippen MR) is 79.0 cm³/mol. The average Bonchev–Trinajstić information content (AvgIpc) is 2.75. The summed E-state index contributed by atoms with van der Waals surface area (Å²) in [4.78, 5) is 9.12. The van der Waals surface area contributed by atoms with Crippen LogP contribution in [0.2, 0.25) is 0 Å². The van der Waals surface area contributed by atoms with E-state index in [-0.39, 0.29) is 0 Å². The molecule has 0 aliphatic rings. The molecule has 0 saturated heterocycles. The van der Waals surface area contributed by atoms with Gasteiger partial charge < -0.3 is 10.3 Å². The number of aryl methyl sites for hydroxylation is 2. The van der Waals surface area contributed by atoms with E-state index in [2.05, 4.69) is 34.6 Å². The minimum absolute atomic E-state index is 0.520. The quantitative estimate of drug-likeness (QED) is 0.781. The Kier molecular flexibility index (Phi) is 2.85. The first-order chi connectivity index (χ1) is 9.22. The molecule has 1 aromatic carbocycles. The second-order valence-corrected chi connectivity index (χ2v) is 4.90. The Balaban J connectivity index is 2.33. The molecule has 2 aromatic heterocycles. The summed E-state index contributed by atoms with van der Waals surface area (Å²) < 4.78 is 2.16. The average molecular weight is 254 g/mol. The molecule has 0 unspecified atom stereocenters. The normalized spacial score (nSPS) is 11.5. The molecule has 0 amide bonds. The van der Waals surface area contributed by atoms with Crippen LogP contribution >= 0.6 is 0 Å². The first kappa shape index (κ1) is 12.0. The molecule has 98 valence electrons. The molecule has 3 aromatic rings. The van der Waals surface area contributed by atoms with Crippen LogP contribution in [0.3, 0.4) is 0 Å². The molecule has 2 N–H and O–H groups in total. The van der Waals surface area contributed by atoms with Crippen molar-refractivity contribution >= 4 is 27.8 Å². The number of pyridine rings is 1. The molecule has 4 nitrogen and oxygen atoms in total. The van der Waals surface area contributed by atoms with Gasteiger partial charge in [0, 0.05) is 18.9 Å². The van der Waals surface area contributed by atoms with E-state index in [1.165, 1.54) is 0 Å². The molecule has 3 rings (SSSR count). The number of rotatable bonds is 3. The molecule has 0 radical (unpaired) electrons. The molecule has 0 spiro atoms. The fourth-order valence-electron chi connectivity index (χ4n) is 2.54. The zero-order valence-corrected chi connectivity index (χ0v) is 11.3. The van der Waals surface area contributed by atoms with Gasteiger partial charge in [-0.1, -0.05) is 31.5 Å². The van der Waals surface area contributed by atoms with Gasteiger partial charge in [0.2, 0.25) is 0 Å². The topological polar surface area (TPSA) is 56.7 Å². The molecular weight excluding hydrogens is 236 g/mol. The number of imidazole rings is 1. The highest BCUT2D eigenvalue weighted by molar-refractivity contribution is 6.06. The standard InChI is InChI=1S/C15H18N4/c1-3-4-9-12-18-13-14(19(12)2)10-7-5-6-8-11(10)17-15(13)16/h5-8H,3-4,9H2,1-2H3,(H2,16,17). The summed E-state index contributed by atoms with van der Waals surface area (Å²) in [7, 11) is 2.06. The number of nitrogens with two attached hydrogens (primary N) is 1. The van der Waals surface area contributed by atoms with E-state index in [0.717, 1.165) is 47.0 Å². The lowest BCUT2D eigenvalue weighted by Gasteiger charge is -2.04. The summed E-state index contributed by atoms with van der Waals surface area (Å²) in [6.07, 6.45) is 3.29. The summed E-state index contributed by atoms with van der Waals surface area (Å²) in [6.45, 7) is 2.19. The van der Waals surface area contributed by atoms with E-state index in [4.69, 9.17) is 5.73 Å². The van der Waals surface area contributed by atoms with Gasteiger partial charge in [-0.05, 0) is 12.5 Å². The van der Waals surface area contributed by atoms with Crippen LogP contribution in [-0.2, 0) is 13.5 Å². The molecule has 4 heteroatoms. The third-order valence-corrected chi connectivity index (χ3v) is 3.58. The van der Waals surface area contributed by atoms with Gasteiger partial charge in [0.25, 0.3) is 0 Å². The number of fused-ring (bicyclic) bond motifs is 3. The summed E-state index contributed by atoms with van der Waals surface area (Å²) in [6, 6.07) is 8.08. The lowest BCUT2D eigenvalue weighted by Crippen LogP contribution is -1.98. The molecule has 0 aliphatic carbocycles. The minimum atomic E-state index is 0.520. The third-order valence-electron chi connectivity index (χ3n) is 3.58. The number of hydrogen-bond donors (Lipinski definition) is 1. The highest BCUT2D eigenvalue weighted by atomic mass is 15.1. The van der Waals surface area contributed by atoms with Crippen LogP contribution in [0.15, 0.2) is 24.3 Å². The smallest absolute Gasteiger partial charge is 0.152 e. The first-order valence-corrected chi connectivity index (χ1v) is 6.72. The van der Waals surface area contributed by atoms with E-state index in [0.29, 0.717) is 5.82 Å². The molecular formula is C15H18N4. The van der Waals surface area contributed by atoms with E-state index in [9.17, 15) is 0 Å². The van der Waals surface area contributed by atoms with Gasteiger partial charge in [-0.15, -0.1) is 0 Å². The van der Waals surface area contributed by atoms with Crippen molar-refractivity contribution in [2.24, 2.45) is 7.05 Å². The summed E-state index contributed by atoms with van der Waals surface area (Å²) in [5.74, 6) is 1.61. The molecule has 0 saturated carbocycles. The van der Waals surface area contributed by atoms with Gasteiger partial charge in [-0.2, -0.15) is 0 Å². The Morgan fingerprint density at radius 3 is 2.79 bits per heavy atom. The Hall–Kier alpha value is -2.10. The number of hydrogen-bond acceptors (Lipinski definition) is 3. The summed E-state index contributed by atoms with van der Waals surface area (Å²) in [5.41, 5.74) is 8.89. The SMILES string of the molecule is CCCCc1nc2c(N)nc3ccccc3c2n1C. The molecule has 0 aliphatic heterocycles. The summed E-state index contributed by atoms with van der Waals surface area (Å²) >= 11 is 0. The largest absolute Gasteiger partial charge is 0.382 e. The van der Waals surface area contributed by atoms with Gasteiger partial charge in [0.1, 0.15) is 11.3 Å². The van der Waals surface area contributed by atoms with Crippen LogP contribution in [0.25, 0.3) is 21.9 Å². The maximum atomic E-state index is 6.05. The number of benzene rings is 1. The zero-order valence-electron chi connectivity index (χ0n) is 11.3. The van der Waals surface area contributed by atoms with Crippen LogP contribution in [0.5, 0.6) is 0 Å². The second kappa shape index (κ2) is 4.53. The third kappa shape index (κ3) is 1.84. The molecule has 2 heterocycles.